The molecule has 1 aromatic rings. The minimum atomic E-state index is -0.119. The summed E-state index contributed by atoms with van der Waals surface area (Å²) in [6, 6.07) is 1.85. The topological polar surface area (TPSA) is 67.2 Å². The number of rotatable bonds is 5. The largest absolute Gasteiger partial charge is 0.355 e. The number of fused-ring (bicyclic) bond motifs is 1. The lowest BCUT2D eigenvalue weighted by atomic mass is 10.1. The zero-order valence-electron chi connectivity index (χ0n) is 12.3. The molecule has 1 N–H and O–H groups in total. The molecule has 110 valence electrons. The van der Waals surface area contributed by atoms with Gasteiger partial charge in [-0.05, 0) is 19.3 Å². The smallest absolute Gasteiger partial charge is 0.240 e. The molecule has 0 atom stereocenters. The van der Waals surface area contributed by atoms with E-state index in [0.29, 0.717) is 25.4 Å². The molecule has 0 saturated carbocycles. The fraction of sp³-hybridized carbons (Fsp3) is 0.643. The lowest BCUT2D eigenvalue weighted by Crippen LogP contribution is -2.44. The maximum Gasteiger partial charge on any atom is 0.240 e. The minimum Gasteiger partial charge on any atom is -0.355 e. The Bertz CT molecular complexity index is 507. The van der Waals surface area contributed by atoms with E-state index < -0.39 is 0 Å². The summed E-state index contributed by atoms with van der Waals surface area (Å²) in [5.41, 5.74) is 0.861. The van der Waals surface area contributed by atoms with Gasteiger partial charge in [0.05, 0.1) is 12.2 Å². The molecule has 20 heavy (non-hydrogen) atoms. The Morgan fingerprint density at radius 1 is 1.50 bits per heavy atom. The molecule has 1 aliphatic rings. The predicted octanol–water partition coefficient (Wildman–Crippen LogP) is 1.09. The van der Waals surface area contributed by atoms with Gasteiger partial charge in [0.2, 0.25) is 11.8 Å². The molecule has 0 spiro atoms. The average Bonchev–Trinajstić information content (AvgIpc) is 2.73. The standard InChI is InChI=1S/C14H22N4O2/c1-10(2)4-6-15-12(19)9-17-13-8-11(3)16-18(13)7-5-14(17)20/h8,10H,4-7,9H2,1-3H3,(H,15,19). The van der Waals surface area contributed by atoms with Crippen molar-refractivity contribution >= 4 is 17.6 Å². The summed E-state index contributed by atoms with van der Waals surface area (Å²) in [5.74, 6) is 1.14. The van der Waals surface area contributed by atoms with Crippen LogP contribution in [0.5, 0.6) is 0 Å². The van der Waals surface area contributed by atoms with E-state index in [1.165, 1.54) is 4.90 Å². The van der Waals surface area contributed by atoms with Crippen LogP contribution in [0.25, 0.3) is 0 Å². The molecule has 1 aromatic heterocycles. The zero-order chi connectivity index (χ0) is 14.7. The number of carbonyl (C=O) groups is 2. The average molecular weight is 278 g/mol. The fourth-order valence-electron chi connectivity index (χ4n) is 2.25. The molecule has 0 bridgehead atoms. The predicted molar refractivity (Wildman–Crippen MR) is 76.4 cm³/mol. The van der Waals surface area contributed by atoms with Crippen molar-refractivity contribution in [2.45, 2.75) is 40.2 Å². The van der Waals surface area contributed by atoms with Crippen LogP contribution in [0.4, 0.5) is 5.82 Å². The number of hydrogen-bond donors (Lipinski definition) is 1. The number of anilines is 1. The lowest BCUT2D eigenvalue weighted by Gasteiger charge is -2.26. The molecule has 0 fully saturated rings. The van der Waals surface area contributed by atoms with Crippen LogP contribution >= 0.6 is 0 Å². The Labute approximate surface area is 119 Å². The van der Waals surface area contributed by atoms with Gasteiger partial charge >= 0.3 is 0 Å². The summed E-state index contributed by atoms with van der Waals surface area (Å²) in [6.07, 6.45) is 1.34. The molecule has 0 saturated heterocycles. The number of nitrogens with one attached hydrogen (secondary N) is 1. The van der Waals surface area contributed by atoms with Crippen LogP contribution in [0, 0.1) is 12.8 Å². The summed E-state index contributed by atoms with van der Waals surface area (Å²) in [7, 11) is 0. The van der Waals surface area contributed by atoms with Gasteiger partial charge in [-0.1, -0.05) is 13.8 Å². The molecular weight excluding hydrogens is 256 g/mol. The van der Waals surface area contributed by atoms with Gasteiger partial charge in [0.15, 0.2) is 0 Å². The van der Waals surface area contributed by atoms with Gasteiger partial charge in [0, 0.05) is 19.0 Å². The van der Waals surface area contributed by atoms with Crippen LogP contribution in [-0.4, -0.2) is 34.7 Å². The molecular formula is C14H22N4O2. The van der Waals surface area contributed by atoms with Crippen LogP contribution in [0.3, 0.4) is 0 Å². The van der Waals surface area contributed by atoms with Crippen LogP contribution in [0.15, 0.2) is 6.07 Å². The van der Waals surface area contributed by atoms with E-state index in [2.05, 4.69) is 24.3 Å². The Kier molecular flexibility index (Phi) is 4.42. The highest BCUT2D eigenvalue weighted by atomic mass is 16.2. The summed E-state index contributed by atoms with van der Waals surface area (Å²) in [4.78, 5) is 25.4. The van der Waals surface area contributed by atoms with Crippen molar-refractivity contribution < 1.29 is 9.59 Å². The molecule has 0 radical (unpaired) electrons. The van der Waals surface area contributed by atoms with Crippen molar-refractivity contribution in [2.24, 2.45) is 5.92 Å². The van der Waals surface area contributed by atoms with E-state index in [9.17, 15) is 9.59 Å². The van der Waals surface area contributed by atoms with Crippen molar-refractivity contribution in [1.82, 2.24) is 15.1 Å². The molecule has 1 aliphatic heterocycles. The monoisotopic (exact) mass is 278 g/mol. The maximum absolute atomic E-state index is 12.0. The van der Waals surface area contributed by atoms with Gasteiger partial charge < -0.3 is 5.32 Å². The first kappa shape index (κ1) is 14.6. The second-order valence-corrected chi connectivity index (χ2v) is 5.63. The number of aryl methyl sites for hydroxylation is 2. The van der Waals surface area contributed by atoms with Crippen molar-refractivity contribution in [3.8, 4) is 0 Å². The number of carbonyl (C=O) groups excluding carboxylic acids is 2. The Morgan fingerprint density at radius 3 is 2.95 bits per heavy atom. The summed E-state index contributed by atoms with van der Waals surface area (Å²) in [5, 5.41) is 7.18. The third-order valence-electron chi connectivity index (χ3n) is 3.34. The lowest BCUT2D eigenvalue weighted by molar-refractivity contribution is -0.124. The number of hydrogen-bond acceptors (Lipinski definition) is 3. The highest BCUT2D eigenvalue weighted by molar-refractivity contribution is 5.98. The Balaban J connectivity index is 1.97. The van der Waals surface area contributed by atoms with Gasteiger partial charge in [-0.25, -0.2) is 4.68 Å². The molecule has 6 nitrogen and oxygen atoms in total. The first-order valence-electron chi connectivity index (χ1n) is 7.09. The SMILES string of the molecule is Cc1cc2n(n1)CCC(=O)N2CC(=O)NCCC(C)C. The minimum absolute atomic E-state index is 0.0172. The molecule has 0 unspecified atom stereocenters. The molecule has 0 aromatic carbocycles. The molecule has 2 rings (SSSR count). The fourth-order valence-corrected chi connectivity index (χ4v) is 2.25. The summed E-state index contributed by atoms with van der Waals surface area (Å²) < 4.78 is 1.79. The van der Waals surface area contributed by atoms with Crippen LogP contribution < -0.4 is 10.2 Å². The second-order valence-electron chi connectivity index (χ2n) is 5.63. The zero-order valence-corrected chi connectivity index (χ0v) is 12.3. The number of amides is 2. The quantitative estimate of drug-likeness (QED) is 0.876. The van der Waals surface area contributed by atoms with E-state index in [1.54, 1.807) is 4.68 Å². The highest BCUT2D eigenvalue weighted by Crippen LogP contribution is 2.21. The first-order valence-corrected chi connectivity index (χ1v) is 7.09. The highest BCUT2D eigenvalue weighted by Gasteiger charge is 2.27. The molecule has 2 amide bonds. The summed E-state index contributed by atoms with van der Waals surface area (Å²) in [6.45, 7) is 7.42. The van der Waals surface area contributed by atoms with Crippen molar-refractivity contribution in [3.63, 3.8) is 0 Å². The van der Waals surface area contributed by atoms with Gasteiger partial charge in [-0.2, -0.15) is 5.10 Å². The van der Waals surface area contributed by atoms with Crippen molar-refractivity contribution in [1.29, 1.82) is 0 Å². The molecule has 6 heteroatoms. The van der Waals surface area contributed by atoms with Crippen molar-refractivity contribution in [3.05, 3.63) is 11.8 Å². The van der Waals surface area contributed by atoms with Crippen LogP contribution in [-0.2, 0) is 16.1 Å². The molecule has 0 aliphatic carbocycles. The first-order chi connectivity index (χ1) is 9.47. The van der Waals surface area contributed by atoms with E-state index in [-0.39, 0.29) is 18.4 Å². The van der Waals surface area contributed by atoms with Gasteiger partial charge in [-0.3, -0.25) is 14.5 Å². The second kappa shape index (κ2) is 6.07. The third kappa shape index (κ3) is 3.37. The number of nitrogens with zero attached hydrogens (tertiary/aromatic N) is 3. The Hall–Kier alpha value is -1.85. The Morgan fingerprint density at radius 2 is 2.25 bits per heavy atom. The number of aromatic nitrogens is 2. The van der Waals surface area contributed by atoms with E-state index in [1.807, 2.05) is 13.0 Å². The van der Waals surface area contributed by atoms with Gasteiger partial charge in [0.1, 0.15) is 12.4 Å². The normalized spacial score (nSPS) is 14.6. The third-order valence-corrected chi connectivity index (χ3v) is 3.34. The summed E-state index contributed by atoms with van der Waals surface area (Å²) >= 11 is 0. The van der Waals surface area contributed by atoms with Crippen molar-refractivity contribution in [2.75, 3.05) is 18.0 Å². The van der Waals surface area contributed by atoms with Crippen LogP contribution in [0.1, 0.15) is 32.4 Å². The van der Waals surface area contributed by atoms with Crippen LogP contribution in [0.2, 0.25) is 0 Å². The van der Waals surface area contributed by atoms with Gasteiger partial charge in [-0.15, -0.1) is 0 Å². The van der Waals surface area contributed by atoms with E-state index >= 15 is 0 Å². The maximum atomic E-state index is 12.0. The molecule has 2 heterocycles. The van der Waals surface area contributed by atoms with Gasteiger partial charge in [0.25, 0.3) is 0 Å². The van der Waals surface area contributed by atoms with E-state index in [0.717, 1.165) is 17.9 Å². The van der Waals surface area contributed by atoms with E-state index in [4.69, 9.17) is 0 Å².